The van der Waals surface area contributed by atoms with E-state index in [2.05, 4.69) is 37.9 Å². The van der Waals surface area contributed by atoms with E-state index in [0.29, 0.717) is 19.1 Å². The molecule has 2 fully saturated rings. The molecule has 0 bridgehead atoms. The van der Waals surface area contributed by atoms with Crippen LogP contribution in [0.25, 0.3) is 0 Å². The van der Waals surface area contributed by atoms with Gasteiger partial charge in [0.25, 0.3) is 0 Å². The molecule has 0 aromatic rings. The van der Waals surface area contributed by atoms with E-state index in [0.717, 1.165) is 25.9 Å². The minimum atomic E-state index is -0.786. The zero-order valence-electron chi connectivity index (χ0n) is 12.6. The Morgan fingerprint density at radius 1 is 1.05 bits per heavy atom. The van der Waals surface area contributed by atoms with Crippen LogP contribution in [-0.2, 0) is 0 Å². The number of piperazine rings is 1. The minimum absolute atomic E-state index is 0.149. The van der Waals surface area contributed by atoms with Crippen LogP contribution in [0, 0.1) is 0 Å². The third-order valence-corrected chi connectivity index (χ3v) is 4.27. The lowest BCUT2D eigenvalue weighted by Gasteiger charge is -2.51. The number of nitrogens with zero attached hydrogens (tertiary/aromatic N) is 2. The van der Waals surface area contributed by atoms with Gasteiger partial charge in [-0.3, -0.25) is 4.90 Å². The first kappa shape index (κ1) is 14.6. The van der Waals surface area contributed by atoms with Crippen LogP contribution in [0.1, 0.15) is 40.5 Å². The van der Waals surface area contributed by atoms with Crippen molar-refractivity contribution < 1.29 is 9.90 Å². The highest BCUT2D eigenvalue weighted by Crippen LogP contribution is 2.31. The summed E-state index contributed by atoms with van der Waals surface area (Å²) < 4.78 is 0. The van der Waals surface area contributed by atoms with E-state index in [4.69, 9.17) is 5.11 Å². The summed E-state index contributed by atoms with van der Waals surface area (Å²) in [5.74, 6) is 0. The molecule has 0 spiro atoms. The van der Waals surface area contributed by atoms with Crippen molar-refractivity contribution in [2.24, 2.45) is 0 Å². The summed E-state index contributed by atoms with van der Waals surface area (Å²) in [6, 6.07) is 0.558. The molecule has 110 valence electrons. The van der Waals surface area contributed by atoms with Crippen LogP contribution in [0.4, 0.5) is 4.79 Å². The molecule has 5 heteroatoms. The predicted octanol–water partition coefficient (Wildman–Crippen LogP) is 1.59. The second-order valence-corrected chi connectivity index (χ2v) is 7.26. The molecule has 5 nitrogen and oxygen atoms in total. The first-order chi connectivity index (χ1) is 8.69. The van der Waals surface area contributed by atoms with Crippen LogP contribution >= 0.6 is 0 Å². The Kier molecular flexibility index (Phi) is 3.80. The Morgan fingerprint density at radius 2 is 1.53 bits per heavy atom. The normalized spacial score (nSPS) is 28.3. The van der Waals surface area contributed by atoms with E-state index in [1.165, 1.54) is 4.90 Å². The van der Waals surface area contributed by atoms with Gasteiger partial charge in [0.1, 0.15) is 0 Å². The van der Waals surface area contributed by atoms with Gasteiger partial charge >= 0.3 is 6.09 Å². The van der Waals surface area contributed by atoms with Gasteiger partial charge in [-0.05, 0) is 40.5 Å². The summed E-state index contributed by atoms with van der Waals surface area (Å²) in [6.45, 7) is 12.0. The largest absolute Gasteiger partial charge is 0.465 e. The number of carbonyl (C=O) groups is 1. The number of rotatable bonds is 1. The molecule has 19 heavy (non-hydrogen) atoms. The van der Waals surface area contributed by atoms with Gasteiger partial charge in [0.2, 0.25) is 0 Å². The van der Waals surface area contributed by atoms with Crippen LogP contribution in [-0.4, -0.2) is 64.3 Å². The third-order valence-electron chi connectivity index (χ3n) is 4.27. The fraction of sp³-hybridized carbons (Fsp3) is 0.929. The number of piperidine rings is 1. The summed E-state index contributed by atoms with van der Waals surface area (Å²) in [4.78, 5) is 14.9. The standard InChI is InChI=1S/C14H27N3O2/c1-13(2)9-11(10-14(3,4)15-13)16-5-7-17(8-6-16)12(18)19/h11,15H,5-10H2,1-4H3,(H,18,19). The van der Waals surface area contributed by atoms with Gasteiger partial charge in [0.05, 0.1) is 0 Å². The number of hydrogen-bond donors (Lipinski definition) is 2. The van der Waals surface area contributed by atoms with Crippen molar-refractivity contribution in [3.05, 3.63) is 0 Å². The van der Waals surface area contributed by atoms with Gasteiger partial charge in [0, 0.05) is 43.3 Å². The molecule has 2 rings (SSSR count). The Morgan fingerprint density at radius 3 is 1.95 bits per heavy atom. The summed E-state index contributed by atoms with van der Waals surface area (Å²) in [5.41, 5.74) is 0.298. The number of carboxylic acid groups (broad SMARTS) is 1. The molecule has 2 saturated heterocycles. The molecular formula is C14H27N3O2. The second kappa shape index (κ2) is 4.94. The maximum absolute atomic E-state index is 10.9. The summed E-state index contributed by atoms with van der Waals surface area (Å²) in [5, 5.41) is 12.7. The SMILES string of the molecule is CC1(C)CC(N2CCN(C(=O)O)CC2)CC(C)(C)N1. The van der Waals surface area contributed by atoms with E-state index in [1.807, 2.05) is 0 Å². The molecule has 0 radical (unpaired) electrons. The van der Waals surface area contributed by atoms with E-state index >= 15 is 0 Å². The average molecular weight is 269 g/mol. The van der Waals surface area contributed by atoms with E-state index in [9.17, 15) is 4.79 Å². The Balaban J connectivity index is 1.97. The fourth-order valence-corrected chi connectivity index (χ4v) is 3.80. The van der Waals surface area contributed by atoms with Gasteiger partial charge in [-0.2, -0.15) is 0 Å². The second-order valence-electron chi connectivity index (χ2n) is 7.26. The highest BCUT2D eigenvalue weighted by atomic mass is 16.4. The Hall–Kier alpha value is -0.810. The van der Waals surface area contributed by atoms with Crippen LogP contribution in [0.15, 0.2) is 0 Å². The van der Waals surface area contributed by atoms with Gasteiger partial charge in [0.15, 0.2) is 0 Å². The lowest BCUT2D eigenvalue weighted by atomic mass is 9.79. The van der Waals surface area contributed by atoms with E-state index in [1.54, 1.807) is 0 Å². The van der Waals surface area contributed by atoms with E-state index in [-0.39, 0.29) is 11.1 Å². The first-order valence-electron chi connectivity index (χ1n) is 7.20. The van der Waals surface area contributed by atoms with Crippen molar-refractivity contribution in [2.75, 3.05) is 26.2 Å². The zero-order valence-corrected chi connectivity index (χ0v) is 12.6. The molecule has 2 aliphatic rings. The molecule has 0 aromatic carbocycles. The summed E-state index contributed by atoms with van der Waals surface area (Å²) >= 11 is 0. The quantitative estimate of drug-likeness (QED) is 0.759. The molecule has 1 amide bonds. The van der Waals surface area contributed by atoms with Gasteiger partial charge < -0.3 is 15.3 Å². The van der Waals surface area contributed by atoms with Crippen molar-refractivity contribution in [3.8, 4) is 0 Å². The molecule has 2 heterocycles. The zero-order chi connectivity index (χ0) is 14.3. The molecule has 0 atom stereocenters. The van der Waals surface area contributed by atoms with Crippen LogP contribution in [0.2, 0.25) is 0 Å². The van der Waals surface area contributed by atoms with Crippen LogP contribution in [0.3, 0.4) is 0 Å². The van der Waals surface area contributed by atoms with E-state index < -0.39 is 6.09 Å². The van der Waals surface area contributed by atoms with Crippen molar-refractivity contribution in [3.63, 3.8) is 0 Å². The molecule has 0 aromatic heterocycles. The lowest BCUT2D eigenvalue weighted by Crippen LogP contribution is -2.64. The highest BCUT2D eigenvalue weighted by molar-refractivity contribution is 5.65. The molecular weight excluding hydrogens is 242 g/mol. The maximum Gasteiger partial charge on any atom is 0.407 e. The number of nitrogens with one attached hydrogen (secondary N) is 1. The highest BCUT2D eigenvalue weighted by Gasteiger charge is 2.40. The fourth-order valence-electron chi connectivity index (χ4n) is 3.80. The first-order valence-corrected chi connectivity index (χ1v) is 7.20. The van der Waals surface area contributed by atoms with Crippen LogP contribution < -0.4 is 5.32 Å². The average Bonchev–Trinajstić information content (AvgIpc) is 2.25. The summed E-state index contributed by atoms with van der Waals surface area (Å²) in [6.07, 6.45) is 1.47. The predicted molar refractivity (Wildman–Crippen MR) is 75.5 cm³/mol. The van der Waals surface area contributed by atoms with Gasteiger partial charge in [-0.15, -0.1) is 0 Å². The monoisotopic (exact) mass is 269 g/mol. The number of amides is 1. The Bertz CT molecular complexity index is 331. The van der Waals surface area contributed by atoms with Crippen molar-refractivity contribution in [1.82, 2.24) is 15.1 Å². The minimum Gasteiger partial charge on any atom is -0.465 e. The topological polar surface area (TPSA) is 55.8 Å². The lowest BCUT2D eigenvalue weighted by molar-refractivity contribution is 0.0331. The van der Waals surface area contributed by atoms with Gasteiger partial charge in [-0.25, -0.2) is 4.79 Å². The molecule has 0 aliphatic carbocycles. The molecule has 2 aliphatic heterocycles. The van der Waals surface area contributed by atoms with Crippen LogP contribution in [0.5, 0.6) is 0 Å². The molecule has 2 N–H and O–H groups in total. The third kappa shape index (κ3) is 3.60. The van der Waals surface area contributed by atoms with Gasteiger partial charge in [-0.1, -0.05) is 0 Å². The molecule has 0 unspecified atom stereocenters. The van der Waals surface area contributed by atoms with Crippen molar-refractivity contribution >= 4 is 6.09 Å². The number of hydrogen-bond acceptors (Lipinski definition) is 3. The van der Waals surface area contributed by atoms with Crippen molar-refractivity contribution in [1.29, 1.82) is 0 Å². The Labute approximate surface area is 115 Å². The molecule has 0 saturated carbocycles. The summed E-state index contributed by atoms with van der Waals surface area (Å²) in [7, 11) is 0. The smallest absolute Gasteiger partial charge is 0.407 e. The van der Waals surface area contributed by atoms with Crippen molar-refractivity contribution in [2.45, 2.75) is 57.7 Å². The maximum atomic E-state index is 10.9.